The summed E-state index contributed by atoms with van der Waals surface area (Å²) in [6.45, 7) is 3.80. The Labute approximate surface area is 118 Å². The highest BCUT2D eigenvalue weighted by molar-refractivity contribution is 6.02. The van der Waals surface area contributed by atoms with Crippen molar-refractivity contribution in [3.05, 3.63) is 29.3 Å². The number of hydrogen-bond donors (Lipinski definition) is 2. The number of amides is 1. The molecule has 1 aliphatic carbocycles. The molecule has 0 heterocycles. The summed E-state index contributed by atoms with van der Waals surface area (Å²) in [5.41, 5.74) is 2.76. The quantitative estimate of drug-likeness (QED) is 0.653. The molecule has 5 heteroatoms. The molecule has 0 bridgehead atoms. The van der Waals surface area contributed by atoms with Crippen molar-refractivity contribution in [1.29, 1.82) is 0 Å². The first-order valence-electron chi connectivity index (χ1n) is 6.86. The van der Waals surface area contributed by atoms with Gasteiger partial charge in [-0.15, -0.1) is 0 Å². The fourth-order valence-electron chi connectivity index (χ4n) is 2.33. The molecule has 1 aromatic carbocycles. The second kappa shape index (κ2) is 6.41. The summed E-state index contributed by atoms with van der Waals surface area (Å²) < 4.78 is 5.48. The van der Waals surface area contributed by atoms with E-state index >= 15 is 0 Å². The van der Waals surface area contributed by atoms with E-state index < -0.39 is 0 Å². The number of nitrogens with one attached hydrogen (secondary N) is 1. The molecule has 0 fully saturated rings. The first-order valence-corrected chi connectivity index (χ1v) is 6.86. The third-order valence-corrected chi connectivity index (χ3v) is 3.19. The molecular weight excluding hydrogens is 256 g/mol. The topological polar surface area (TPSA) is 70.9 Å². The number of benzene rings is 1. The van der Waals surface area contributed by atoms with Gasteiger partial charge in [0.25, 0.3) is 5.91 Å². The van der Waals surface area contributed by atoms with E-state index in [-0.39, 0.29) is 18.6 Å². The molecule has 5 nitrogen and oxygen atoms in total. The minimum absolute atomic E-state index is 0.0113. The molecule has 1 aliphatic rings. The number of ether oxygens (including phenoxy) is 1. The standard InChI is InChI=1S/C15H20N2O3/c1-10(2)16-15(18)9-20-12-7-6-11-4-3-5-14(17-19)13(11)8-12/h6-8,10,19H,3-5,9H2,1-2H3,(H,16,18)/b17-14-. The van der Waals surface area contributed by atoms with Crippen molar-refractivity contribution in [1.82, 2.24) is 5.32 Å². The molecule has 108 valence electrons. The normalized spacial score (nSPS) is 16.1. The molecule has 2 rings (SSSR count). The molecule has 2 N–H and O–H groups in total. The predicted octanol–water partition coefficient (Wildman–Crippen LogP) is 2.10. The Kier molecular flexibility index (Phi) is 4.61. The highest BCUT2D eigenvalue weighted by atomic mass is 16.5. The smallest absolute Gasteiger partial charge is 0.258 e. The zero-order valence-corrected chi connectivity index (χ0v) is 11.8. The average Bonchev–Trinajstić information content (AvgIpc) is 2.43. The van der Waals surface area contributed by atoms with Crippen LogP contribution >= 0.6 is 0 Å². The van der Waals surface area contributed by atoms with E-state index in [2.05, 4.69) is 10.5 Å². The van der Waals surface area contributed by atoms with E-state index in [0.29, 0.717) is 11.5 Å². The molecule has 0 unspecified atom stereocenters. The number of carbonyl (C=O) groups is 1. The van der Waals surface area contributed by atoms with E-state index in [1.807, 2.05) is 32.0 Å². The largest absolute Gasteiger partial charge is 0.484 e. The van der Waals surface area contributed by atoms with Crippen molar-refractivity contribution in [2.75, 3.05) is 6.61 Å². The van der Waals surface area contributed by atoms with Crippen molar-refractivity contribution >= 4 is 11.6 Å². The van der Waals surface area contributed by atoms with E-state index in [1.54, 1.807) is 0 Å². The number of oxime groups is 1. The van der Waals surface area contributed by atoms with Gasteiger partial charge in [-0.1, -0.05) is 11.2 Å². The van der Waals surface area contributed by atoms with Crippen LogP contribution in [0.25, 0.3) is 0 Å². The summed E-state index contributed by atoms with van der Waals surface area (Å²) in [7, 11) is 0. The van der Waals surface area contributed by atoms with Crippen LogP contribution in [-0.2, 0) is 11.2 Å². The second-order valence-electron chi connectivity index (χ2n) is 5.23. The minimum Gasteiger partial charge on any atom is -0.484 e. The van der Waals surface area contributed by atoms with Crippen molar-refractivity contribution in [3.63, 3.8) is 0 Å². The van der Waals surface area contributed by atoms with Crippen LogP contribution in [0.3, 0.4) is 0 Å². The van der Waals surface area contributed by atoms with Gasteiger partial charge in [0.1, 0.15) is 5.75 Å². The van der Waals surface area contributed by atoms with Gasteiger partial charge in [0.15, 0.2) is 6.61 Å². The highest BCUT2D eigenvalue weighted by Gasteiger charge is 2.17. The lowest BCUT2D eigenvalue weighted by Crippen LogP contribution is -2.34. The van der Waals surface area contributed by atoms with Crippen molar-refractivity contribution < 1.29 is 14.7 Å². The Balaban J connectivity index is 2.05. The number of aryl methyl sites for hydroxylation is 1. The highest BCUT2D eigenvalue weighted by Crippen LogP contribution is 2.25. The van der Waals surface area contributed by atoms with Crippen LogP contribution in [0.4, 0.5) is 0 Å². The van der Waals surface area contributed by atoms with Crippen LogP contribution in [-0.4, -0.2) is 29.5 Å². The average molecular weight is 276 g/mol. The third kappa shape index (κ3) is 3.50. The van der Waals surface area contributed by atoms with E-state index in [9.17, 15) is 4.79 Å². The first-order chi connectivity index (χ1) is 9.60. The van der Waals surface area contributed by atoms with Crippen LogP contribution in [0.1, 0.15) is 37.8 Å². The Morgan fingerprint density at radius 3 is 2.95 bits per heavy atom. The molecule has 0 aromatic heterocycles. The third-order valence-electron chi connectivity index (χ3n) is 3.19. The summed E-state index contributed by atoms with van der Waals surface area (Å²) in [5.74, 6) is 0.472. The lowest BCUT2D eigenvalue weighted by atomic mass is 9.90. The lowest BCUT2D eigenvalue weighted by molar-refractivity contribution is -0.123. The molecule has 0 aliphatic heterocycles. The summed E-state index contributed by atoms with van der Waals surface area (Å²) in [4.78, 5) is 11.5. The van der Waals surface area contributed by atoms with Crippen LogP contribution in [0.15, 0.2) is 23.4 Å². The van der Waals surface area contributed by atoms with Crippen LogP contribution in [0, 0.1) is 0 Å². The number of rotatable bonds is 4. The van der Waals surface area contributed by atoms with Gasteiger partial charge in [0, 0.05) is 11.6 Å². The van der Waals surface area contributed by atoms with Gasteiger partial charge < -0.3 is 15.3 Å². The Morgan fingerprint density at radius 1 is 1.45 bits per heavy atom. The molecular formula is C15H20N2O3. The fourth-order valence-corrected chi connectivity index (χ4v) is 2.33. The van der Waals surface area contributed by atoms with Crippen molar-refractivity contribution in [3.8, 4) is 5.75 Å². The fraction of sp³-hybridized carbons (Fsp3) is 0.467. The van der Waals surface area contributed by atoms with Gasteiger partial charge in [-0.2, -0.15) is 0 Å². The van der Waals surface area contributed by atoms with E-state index in [1.165, 1.54) is 0 Å². The molecule has 1 amide bonds. The maximum absolute atomic E-state index is 11.5. The first kappa shape index (κ1) is 14.4. The van der Waals surface area contributed by atoms with Gasteiger partial charge >= 0.3 is 0 Å². The molecule has 1 aromatic rings. The van der Waals surface area contributed by atoms with Crippen LogP contribution in [0.2, 0.25) is 0 Å². The SMILES string of the molecule is CC(C)NC(=O)COc1ccc2c(c1)/C(=N\O)CCC2. The predicted molar refractivity (Wildman–Crippen MR) is 76.5 cm³/mol. The molecule has 0 atom stereocenters. The van der Waals surface area contributed by atoms with Gasteiger partial charge in [0.05, 0.1) is 5.71 Å². The molecule has 0 radical (unpaired) electrons. The summed E-state index contributed by atoms with van der Waals surface area (Å²) in [6.07, 6.45) is 2.73. The summed E-state index contributed by atoms with van der Waals surface area (Å²) >= 11 is 0. The van der Waals surface area contributed by atoms with Gasteiger partial charge in [0.2, 0.25) is 0 Å². The molecule has 0 saturated carbocycles. The van der Waals surface area contributed by atoms with Gasteiger partial charge in [-0.3, -0.25) is 4.79 Å². The number of nitrogens with zero attached hydrogens (tertiary/aromatic N) is 1. The lowest BCUT2D eigenvalue weighted by Gasteiger charge is -2.18. The second-order valence-corrected chi connectivity index (χ2v) is 5.23. The molecule has 0 saturated heterocycles. The minimum atomic E-state index is -0.145. The maximum atomic E-state index is 11.5. The molecule has 20 heavy (non-hydrogen) atoms. The van der Waals surface area contributed by atoms with Crippen LogP contribution < -0.4 is 10.1 Å². The van der Waals surface area contributed by atoms with Gasteiger partial charge in [-0.05, 0) is 50.8 Å². The monoisotopic (exact) mass is 276 g/mol. The zero-order valence-electron chi connectivity index (χ0n) is 11.8. The maximum Gasteiger partial charge on any atom is 0.258 e. The Hall–Kier alpha value is -2.04. The van der Waals surface area contributed by atoms with E-state index in [0.717, 1.165) is 30.4 Å². The Morgan fingerprint density at radius 2 is 2.25 bits per heavy atom. The van der Waals surface area contributed by atoms with Crippen molar-refractivity contribution in [2.45, 2.75) is 39.2 Å². The number of hydrogen-bond acceptors (Lipinski definition) is 4. The summed E-state index contributed by atoms with van der Waals surface area (Å²) in [5, 5.41) is 15.1. The Bertz CT molecular complexity index is 524. The molecule has 0 spiro atoms. The van der Waals surface area contributed by atoms with E-state index in [4.69, 9.17) is 9.94 Å². The van der Waals surface area contributed by atoms with Crippen LogP contribution in [0.5, 0.6) is 5.75 Å². The number of fused-ring (bicyclic) bond motifs is 1. The summed E-state index contributed by atoms with van der Waals surface area (Å²) in [6, 6.07) is 5.76. The van der Waals surface area contributed by atoms with Gasteiger partial charge in [-0.25, -0.2) is 0 Å². The zero-order chi connectivity index (χ0) is 14.5. The number of carbonyl (C=O) groups excluding carboxylic acids is 1. The van der Waals surface area contributed by atoms with Crippen molar-refractivity contribution in [2.24, 2.45) is 5.16 Å².